The number of hydrogen-bond donors (Lipinski definition) is 2. The van der Waals surface area contributed by atoms with Crippen molar-refractivity contribution < 1.29 is 0 Å². The van der Waals surface area contributed by atoms with Crippen molar-refractivity contribution >= 4 is 10.9 Å². The van der Waals surface area contributed by atoms with Crippen LogP contribution in [0.15, 0.2) is 48.7 Å². The molecule has 2 heterocycles. The van der Waals surface area contributed by atoms with Crippen LogP contribution in [0.2, 0.25) is 0 Å². The maximum atomic E-state index is 6.05. The van der Waals surface area contributed by atoms with Gasteiger partial charge in [0, 0.05) is 42.7 Å². The van der Waals surface area contributed by atoms with Gasteiger partial charge in [-0.05, 0) is 59.7 Å². The van der Waals surface area contributed by atoms with Gasteiger partial charge in [0.1, 0.15) is 0 Å². The molecule has 3 nitrogen and oxygen atoms in total. The topological polar surface area (TPSA) is 45.0 Å². The van der Waals surface area contributed by atoms with E-state index in [0.717, 1.165) is 19.6 Å². The highest BCUT2D eigenvalue weighted by atomic mass is 15.1. The average molecular weight is 331 g/mol. The molecule has 0 saturated heterocycles. The van der Waals surface area contributed by atoms with E-state index >= 15 is 0 Å². The zero-order valence-corrected chi connectivity index (χ0v) is 14.8. The van der Waals surface area contributed by atoms with Crippen molar-refractivity contribution in [2.75, 3.05) is 20.1 Å². The van der Waals surface area contributed by atoms with Crippen molar-refractivity contribution in [2.45, 2.75) is 30.7 Å². The van der Waals surface area contributed by atoms with Crippen molar-refractivity contribution in [3.63, 3.8) is 0 Å². The second-order valence-electron chi connectivity index (χ2n) is 7.97. The highest BCUT2D eigenvalue weighted by molar-refractivity contribution is 5.80. The van der Waals surface area contributed by atoms with Gasteiger partial charge in [0.05, 0.1) is 0 Å². The van der Waals surface area contributed by atoms with Crippen LogP contribution in [0.3, 0.4) is 0 Å². The van der Waals surface area contributed by atoms with Crippen molar-refractivity contribution in [1.29, 1.82) is 0 Å². The van der Waals surface area contributed by atoms with E-state index in [1.165, 1.54) is 46.0 Å². The molecule has 2 aliphatic rings. The molecule has 25 heavy (non-hydrogen) atoms. The van der Waals surface area contributed by atoms with Crippen LogP contribution >= 0.6 is 0 Å². The number of likely N-dealkylation sites (N-methyl/N-ethyl adjacent to an activating group) is 1. The SMILES string of the molecule is CN1Cc2cc(C3(CN)CC3)ccc2C(c2ccc3cc[nH]c3c2)C1. The molecule has 0 spiro atoms. The van der Waals surface area contributed by atoms with E-state index in [9.17, 15) is 0 Å². The number of benzene rings is 2. The molecule has 1 aliphatic carbocycles. The van der Waals surface area contributed by atoms with E-state index in [1.54, 1.807) is 0 Å². The molecular weight excluding hydrogens is 306 g/mol. The Morgan fingerprint density at radius 2 is 2.04 bits per heavy atom. The van der Waals surface area contributed by atoms with Crippen LogP contribution in [0.25, 0.3) is 10.9 Å². The molecule has 5 rings (SSSR count). The van der Waals surface area contributed by atoms with E-state index in [1.807, 2.05) is 6.20 Å². The first-order valence-electron chi connectivity index (χ1n) is 9.27. The van der Waals surface area contributed by atoms with Crippen molar-refractivity contribution in [1.82, 2.24) is 9.88 Å². The number of nitrogens with two attached hydrogens (primary N) is 1. The summed E-state index contributed by atoms with van der Waals surface area (Å²) in [5.74, 6) is 0.434. The summed E-state index contributed by atoms with van der Waals surface area (Å²) in [5, 5.41) is 1.28. The van der Waals surface area contributed by atoms with Crippen LogP contribution < -0.4 is 5.73 Å². The second-order valence-corrected chi connectivity index (χ2v) is 7.97. The minimum absolute atomic E-state index is 0.268. The van der Waals surface area contributed by atoms with Crippen LogP contribution in [0.1, 0.15) is 41.0 Å². The predicted molar refractivity (Wildman–Crippen MR) is 103 cm³/mol. The van der Waals surface area contributed by atoms with Gasteiger partial charge in [-0.15, -0.1) is 0 Å². The summed E-state index contributed by atoms with van der Waals surface area (Å²) >= 11 is 0. The van der Waals surface area contributed by atoms with Gasteiger partial charge in [-0.25, -0.2) is 0 Å². The van der Waals surface area contributed by atoms with Crippen LogP contribution in [-0.4, -0.2) is 30.0 Å². The standard InChI is InChI=1S/C22H25N3/c1-25-12-17-10-18(22(14-23)7-8-22)4-5-19(17)20(13-25)16-3-2-15-6-9-24-21(15)11-16/h2-6,9-11,20,24H,7-8,12-14,23H2,1H3. The molecule has 1 unspecified atom stereocenters. The Morgan fingerprint density at radius 3 is 2.84 bits per heavy atom. The lowest BCUT2D eigenvalue weighted by Crippen LogP contribution is -2.31. The molecule has 1 atom stereocenters. The molecule has 0 bridgehead atoms. The largest absolute Gasteiger partial charge is 0.361 e. The minimum atomic E-state index is 0.268. The molecule has 1 fully saturated rings. The number of H-pyrrole nitrogens is 1. The summed E-state index contributed by atoms with van der Waals surface area (Å²) in [6.45, 7) is 2.88. The Labute approximate surface area is 148 Å². The van der Waals surface area contributed by atoms with Crippen LogP contribution in [0, 0.1) is 0 Å². The first-order chi connectivity index (χ1) is 12.2. The van der Waals surface area contributed by atoms with Gasteiger partial charge in [-0.3, -0.25) is 0 Å². The lowest BCUT2D eigenvalue weighted by molar-refractivity contribution is 0.295. The number of nitrogens with zero attached hydrogens (tertiary/aromatic N) is 1. The first-order valence-corrected chi connectivity index (χ1v) is 9.27. The van der Waals surface area contributed by atoms with E-state index < -0.39 is 0 Å². The zero-order chi connectivity index (χ0) is 17.0. The molecule has 3 N–H and O–H groups in total. The summed E-state index contributed by atoms with van der Waals surface area (Å²) in [6.07, 6.45) is 4.50. The molecule has 3 aromatic rings. The maximum absolute atomic E-state index is 6.05. The highest BCUT2D eigenvalue weighted by Crippen LogP contribution is 2.48. The third kappa shape index (κ3) is 2.42. The molecule has 0 radical (unpaired) electrons. The van der Waals surface area contributed by atoms with Gasteiger partial charge < -0.3 is 15.6 Å². The van der Waals surface area contributed by atoms with Gasteiger partial charge in [0.2, 0.25) is 0 Å². The number of fused-ring (bicyclic) bond motifs is 2. The quantitative estimate of drug-likeness (QED) is 0.768. The summed E-state index contributed by atoms with van der Waals surface area (Å²) in [7, 11) is 2.23. The Hall–Kier alpha value is -2.10. The zero-order valence-electron chi connectivity index (χ0n) is 14.8. The first kappa shape index (κ1) is 15.2. The number of aromatic nitrogens is 1. The Morgan fingerprint density at radius 1 is 1.16 bits per heavy atom. The fourth-order valence-corrected chi connectivity index (χ4v) is 4.51. The smallest absolute Gasteiger partial charge is 0.0456 e. The Kier molecular flexibility index (Phi) is 3.31. The van der Waals surface area contributed by atoms with Gasteiger partial charge in [0.25, 0.3) is 0 Å². The van der Waals surface area contributed by atoms with Crippen molar-refractivity contribution in [3.8, 4) is 0 Å². The molecule has 128 valence electrons. The summed E-state index contributed by atoms with van der Waals surface area (Å²) < 4.78 is 0. The van der Waals surface area contributed by atoms with Gasteiger partial charge >= 0.3 is 0 Å². The van der Waals surface area contributed by atoms with Gasteiger partial charge in [0.15, 0.2) is 0 Å². The average Bonchev–Trinajstić information content (AvgIpc) is 3.30. The molecule has 3 heteroatoms. The lowest BCUT2D eigenvalue weighted by atomic mass is 9.82. The van der Waals surface area contributed by atoms with E-state index in [0.29, 0.717) is 5.92 Å². The summed E-state index contributed by atoms with van der Waals surface area (Å²) in [6, 6.07) is 16.1. The van der Waals surface area contributed by atoms with Crippen LogP contribution in [0.4, 0.5) is 0 Å². The lowest BCUT2D eigenvalue weighted by Gasteiger charge is -2.33. The second kappa shape index (κ2) is 5.45. The van der Waals surface area contributed by atoms with Crippen LogP contribution in [-0.2, 0) is 12.0 Å². The number of aromatic amines is 1. The Bertz CT molecular complexity index is 935. The van der Waals surface area contributed by atoms with Gasteiger partial charge in [-0.1, -0.05) is 30.3 Å². The summed E-state index contributed by atoms with van der Waals surface area (Å²) in [5.41, 5.74) is 13.4. The number of hydrogen-bond acceptors (Lipinski definition) is 2. The van der Waals surface area contributed by atoms with Gasteiger partial charge in [-0.2, -0.15) is 0 Å². The molecule has 1 saturated carbocycles. The predicted octanol–water partition coefficient (Wildman–Crippen LogP) is 3.74. The normalized spacial score (nSPS) is 22.1. The van der Waals surface area contributed by atoms with Crippen molar-refractivity contribution in [2.24, 2.45) is 5.73 Å². The van der Waals surface area contributed by atoms with E-state index in [-0.39, 0.29) is 5.41 Å². The molecule has 1 aromatic heterocycles. The molecule has 1 aliphatic heterocycles. The fourth-order valence-electron chi connectivity index (χ4n) is 4.51. The number of nitrogens with one attached hydrogen (secondary N) is 1. The summed E-state index contributed by atoms with van der Waals surface area (Å²) in [4.78, 5) is 5.79. The molecular formula is C22H25N3. The maximum Gasteiger partial charge on any atom is 0.0456 e. The highest BCUT2D eigenvalue weighted by Gasteiger charge is 2.43. The monoisotopic (exact) mass is 331 g/mol. The van der Waals surface area contributed by atoms with Crippen molar-refractivity contribution in [3.05, 3.63) is 70.9 Å². The van der Waals surface area contributed by atoms with E-state index in [2.05, 4.69) is 59.4 Å². The molecule has 2 aromatic carbocycles. The van der Waals surface area contributed by atoms with Crippen LogP contribution in [0.5, 0.6) is 0 Å². The molecule has 0 amide bonds. The number of rotatable bonds is 3. The third-order valence-electron chi connectivity index (χ3n) is 6.29. The minimum Gasteiger partial charge on any atom is -0.361 e. The fraction of sp³-hybridized carbons (Fsp3) is 0.364. The third-order valence-corrected chi connectivity index (χ3v) is 6.29. The Balaban J connectivity index is 1.58. The van der Waals surface area contributed by atoms with E-state index in [4.69, 9.17) is 5.73 Å².